The minimum Gasteiger partial charge on any atom is -0.340 e. The van der Waals surface area contributed by atoms with Crippen LogP contribution in [-0.4, -0.2) is 18.1 Å². The molecule has 0 aromatic heterocycles. The van der Waals surface area contributed by atoms with Crippen molar-refractivity contribution < 1.29 is 4.79 Å². The van der Waals surface area contributed by atoms with Crippen molar-refractivity contribution in [3.8, 4) is 6.07 Å². The van der Waals surface area contributed by atoms with E-state index in [9.17, 15) is 4.79 Å². The molecule has 2 amide bonds. The molecule has 0 radical (unpaired) electrons. The highest BCUT2D eigenvalue weighted by Gasteiger charge is 2.18. The average Bonchev–Trinajstić information content (AvgIpc) is 2.30. The number of hydrogen-bond donors (Lipinski definition) is 1. The van der Waals surface area contributed by atoms with Crippen LogP contribution in [0.5, 0.6) is 0 Å². The van der Waals surface area contributed by atoms with Gasteiger partial charge in [0.1, 0.15) is 6.07 Å². The lowest BCUT2D eigenvalue weighted by atomic mass is 10.3. The number of rotatable bonds is 1. The summed E-state index contributed by atoms with van der Waals surface area (Å²) in [5, 5.41) is 11.1. The maximum absolute atomic E-state index is 11.5. The molecule has 0 aliphatic carbocycles. The fourth-order valence-electron chi connectivity index (χ4n) is 1.07. The largest absolute Gasteiger partial charge is 0.340 e. The van der Waals surface area contributed by atoms with Gasteiger partial charge in [0.05, 0.1) is 5.69 Å². The zero-order chi connectivity index (χ0) is 11.3. The second-order valence-electron chi connectivity index (χ2n) is 2.64. The summed E-state index contributed by atoms with van der Waals surface area (Å²) in [5.41, 5.74) is 0.573. The Balaban J connectivity index is 3.09. The summed E-state index contributed by atoms with van der Waals surface area (Å²) in [6, 6.07) is 10.1. The molecule has 0 fully saturated rings. The molecule has 1 aromatic carbocycles. The van der Waals surface area contributed by atoms with Crippen LogP contribution in [0.15, 0.2) is 30.3 Å². The second-order valence-corrected chi connectivity index (χ2v) is 3.03. The van der Waals surface area contributed by atoms with Crippen molar-refractivity contribution >= 4 is 28.9 Å². The number of amides is 2. The van der Waals surface area contributed by atoms with E-state index in [4.69, 9.17) is 17.5 Å². The molecule has 0 saturated carbocycles. The number of para-hydroxylation sites is 1. The van der Waals surface area contributed by atoms with E-state index < -0.39 is 6.03 Å². The summed E-state index contributed by atoms with van der Waals surface area (Å²) in [4.78, 5) is 12.6. The molecule has 0 atom stereocenters. The normalized spacial score (nSPS) is 8.80. The Morgan fingerprint density at radius 2 is 2.07 bits per heavy atom. The molecule has 5 heteroatoms. The number of hydrogen-bond acceptors (Lipinski definition) is 3. The van der Waals surface area contributed by atoms with Crippen molar-refractivity contribution in [2.24, 2.45) is 0 Å². The molecule has 76 valence electrons. The van der Waals surface area contributed by atoms with Crippen LogP contribution < -0.4 is 10.2 Å². The first-order valence-electron chi connectivity index (χ1n) is 4.21. The maximum atomic E-state index is 11.5. The maximum Gasteiger partial charge on any atom is 0.327 e. The fourth-order valence-corrected chi connectivity index (χ4v) is 1.25. The number of carbonyl (C=O) groups is 1. The Labute approximate surface area is 93.1 Å². The summed E-state index contributed by atoms with van der Waals surface area (Å²) in [6.07, 6.45) is 0. The molecule has 1 aromatic rings. The lowest BCUT2D eigenvalue weighted by Crippen LogP contribution is -2.41. The van der Waals surface area contributed by atoms with Gasteiger partial charge in [-0.2, -0.15) is 5.26 Å². The lowest BCUT2D eigenvalue weighted by molar-refractivity contribution is 0.251. The van der Waals surface area contributed by atoms with E-state index in [0.29, 0.717) is 5.69 Å². The zero-order valence-corrected chi connectivity index (χ0v) is 8.91. The van der Waals surface area contributed by atoms with Gasteiger partial charge in [-0.05, 0) is 24.4 Å². The second kappa shape index (κ2) is 5.08. The molecule has 4 nitrogen and oxygen atoms in total. The summed E-state index contributed by atoms with van der Waals surface area (Å²) in [6.45, 7) is 0. The minimum atomic E-state index is -0.423. The monoisotopic (exact) mass is 219 g/mol. The van der Waals surface area contributed by atoms with E-state index in [0.717, 1.165) is 4.90 Å². The van der Waals surface area contributed by atoms with Gasteiger partial charge >= 0.3 is 6.03 Å². The molecule has 0 spiro atoms. The van der Waals surface area contributed by atoms with E-state index in [-0.39, 0.29) is 4.99 Å². The fraction of sp³-hybridized carbons (Fsp3) is 0.100. The predicted molar refractivity (Wildman–Crippen MR) is 61.6 cm³/mol. The highest BCUT2D eigenvalue weighted by molar-refractivity contribution is 7.81. The number of nitriles is 1. The zero-order valence-electron chi connectivity index (χ0n) is 8.10. The average molecular weight is 219 g/mol. The molecule has 0 saturated heterocycles. The standard InChI is InChI=1S/C10H9N3OS/c1-12-10(14)13(9(15)7-11)8-5-3-2-4-6-8/h2-6H,1H3,(H,12,14). The van der Waals surface area contributed by atoms with Crippen LogP contribution in [0.4, 0.5) is 10.5 Å². The van der Waals surface area contributed by atoms with Gasteiger partial charge in [0.25, 0.3) is 0 Å². The van der Waals surface area contributed by atoms with Crippen molar-refractivity contribution in [2.75, 3.05) is 11.9 Å². The molecule has 0 aliphatic rings. The number of urea groups is 1. The highest BCUT2D eigenvalue weighted by atomic mass is 32.1. The first kappa shape index (κ1) is 11.1. The third-order valence-electron chi connectivity index (χ3n) is 1.73. The van der Waals surface area contributed by atoms with Gasteiger partial charge in [0.15, 0.2) is 4.99 Å². The van der Waals surface area contributed by atoms with Crippen molar-refractivity contribution in [1.29, 1.82) is 5.26 Å². The molecule has 1 N–H and O–H groups in total. The topological polar surface area (TPSA) is 56.1 Å². The molecule has 15 heavy (non-hydrogen) atoms. The van der Waals surface area contributed by atoms with Gasteiger partial charge in [-0.3, -0.25) is 0 Å². The Morgan fingerprint density at radius 3 is 2.53 bits per heavy atom. The molecule has 0 aliphatic heterocycles. The van der Waals surface area contributed by atoms with Gasteiger partial charge in [0.2, 0.25) is 0 Å². The smallest absolute Gasteiger partial charge is 0.327 e. The number of benzene rings is 1. The van der Waals surface area contributed by atoms with Crippen molar-refractivity contribution in [1.82, 2.24) is 5.32 Å². The first-order valence-corrected chi connectivity index (χ1v) is 4.62. The molecule has 0 bridgehead atoms. The van der Waals surface area contributed by atoms with Gasteiger partial charge in [-0.1, -0.05) is 18.2 Å². The van der Waals surface area contributed by atoms with E-state index in [2.05, 4.69) is 5.32 Å². The Morgan fingerprint density at radius 1 is 1.47 bits per heavy atom. The first-order chi connectivity index (χ1) is 7.20. The van der Waals surface area contributed by atoms with E-state index >= 15 is 0 Å². The van der Waals surface area contributed by atoms with Crippen molar-refractivity contribution in [2.45, 2.75) is 0 Å². The van der Waals surface area contributed by atoms with Crippen LogP contribution in [0.1, 0.15) is 0 Å². The SMILES string of the molecule is CNC(=O)N(C(=S)C#N)c1ccccc1. The van der Waals surface area contributed by atoms with Crippen molar-refractivity contribution in [3.05, 3.63) is 30.3 Å². The molecular formula is C10H9N3OS. The number of thiocarbonyl (C=S) groups is 1. The number of nitrogens with one attached hydrogen (secondary N) is 1. The highest BCUT2D eigenvalue weighted by Crippen LogP contribution is 2.13. The summed E-state index contributed by atoms with van der Waals surface area (Å²) in [5.74, 6) is 0. The number of anilines is 1. The van der Waals surface area contributed by atoms with E-state index in [1.54, 1.807) is 30.3 Å². The van der Waals surface area contributed by atoms with Crippen LogP contribution in [0.2, 0.25) is 0 Å². The van der Waals surface area contributed by atoms with Gasteiger partial charge < -0.3 is 5.32 Å². The third-order valence-corrected chi connectivity index (χ3v) is 2.00. The quantitative estimate of drug-likeness (QED) is 0.731. The summed E-state index contributed by atoms with van der Waals surface area (Å²) >= 11 is 4.81. The van der Waals surface area contributed by atoms with Crippen LogP contribution in [-0.2, 0) is 0 Å². The Kier molecular flexibility index (Phi) is 3.77. The van der Waals surface area contributed by atoms with Gasteiger partial charge in [0, 0.05) is 7.05 Å². The molecule has 1 rings (SSSR count). The third kappa shape index (κ3) is 2.51. The Hall–Kier alpha value is -1.93. The number of carbonyl (C=O) groups excluding carboxylic acids is 1. The number of nitrogens with zero attached hydrogens (tertiary/aromatic N) is 2. The summed E-state index contributed by atoms with van der Waals surface area (Å²) in [7, 11) is 1.48. The van der Waals surface area contributed by atoms with Crippen LogP contribution >= 0.6 is 12.2 Å². The van der Waals surface area contributed by atoms with Gasteiger partial charge in [-0.15, -0.1) is 0 Å². The van der Waals surface area contributed by atoms with E-state index in [1.807, 2.05) is 6.07 Å². The van der Waals surface area contributed by atoms with Crippen LogP contribution in [0.3, 0.4) is 0 Å². The van der Waals surface area contributed by atoms with Gasteiger partial charge in [-0.25, -0.2) is 9.69 Å². The predicted octanol–water partition coefficient (Wildman–Crippen LogP) is 1.68. The van der Waals surface area contributed by atoms with Crippen LogP contribution in [0, 0.1) is 11.3 Å². The van der Waals surface area contributed by atoms with Crippen molar-refractivity contribution in [3.63, 3.8) is 0 Å². The minimum absolute atomic E-state index is 0.0828. The van der Waals surface area contributed by atoms with Crippen LogP contribution in [0.25, 0.3) is 0 Å². The summed E-state index contributed by atoms with van der Waals surface area (Å²) < 4.78 is 0. The van der Waals surface area contributed by atoms with E-state index in [1.165, 1.54) is 7.05 Å². The molecule has 0 unspecified atom stereocenters. The lowest BCUT2D eigenvalue weighted by Gasteiger charge is -2.18. The Bertz CT molecular complexity index is 410. The molecule has 0 heterocycles. The molecular weight excluding hydrogens is 210 g/mol.